The maximum absolute atomic E-state index is 13.4. The van der Waals surface area contributed by atoms with E-state index < -0.39 is 0 Å². The Balaban J connectivity index is 1.56. The molecule has 5 rings (SSSR count). The van der Waals surface area contributed by atoms with Crippen molar-refractivity contribution < 1.29 is 4.79 Å². The van der Waals surface area contributed by atoms with Crippen molar-refractivity contribution in [2.45, 2.75) is 39.3 Å². The molecule has 30 heavy (non-hydrogen) atoms. The number of hydrogen-bond donors (Lipinski definition) is 1. The third kappa shape index (κ3) is 3.26. The predicted octanol–water partition coefficient (Wildman–Crippen LogP) is 4.54. The van der Waals surface area contributed by atoms with Gasteiger partial charge in [-0.3, -0.25) is 4.79 Å². The number of carbonyl (C=O) groups excluding carboxylic acids is 1. The van der Waals surface area contributed by atoms with Crippen molar-refractivity contribution in [3.05, 3.63) is 60.4 Å². The largest absolute Gasteiger partial charge is 0.307 e. The third-order valence-electron chi connectivity index (χ3n) is 5.82. The number of carbonyl (C=O) groups is 1. The van der Waals surface area contributed by atoms with Gasteiger partial charge in [-0.25, -0.2) is 14.3 Å². The Morgan fingerprint density at radius 1 is 1.20 bits per heavy atom. The average molecular weight is 400 g/mol. The lowest BCUT2D eigenvalue weighted by Gasteiger charge is -2.16. The van der Waals surface area contributed by atoms with E-state index in [4.69, 9.17) is 4.98 Å². The second-order valence-electron chi connectivity index (χ2n) is 7.81. The number of aromatic nitrogens is 5. The number of rotatable bonds is 6. The number of benzene rings is 1. The zero-order valence-electron chi connectivity index (χ0n) is 17.1. The van der Waals surface area contributed by atoms with Crippen molar-refractivity contribution in [2.75, 3.05) is 5.32 Å². The van der Waals surface area contributed by atoms with Crippen LogP contribution in [0.5, 0.6) is 0 Å². The summed E-state index contributed by atoms with van der Waals surface area (Å²) in [6.45, 7) is 4.85. The highest BCUT2D eigenvalue weighted by Crippen LogP contribution is 2.40. The van der Waals surface area contributed by atoms with Gasteiger partial charge in [-0.2, -0.15) is 10.2 Å². The molecular formula is C23H24N6O. The lowest BCUT2D eigenvalue weighted by molar-refractivity contribution is 0.102. The van der Waals surface area contributed by atoms with Crippen LogP contribution in [-0.4, -0.2) is 30.5 Å². The molecule has 3 aromatic heterocycles. The van der Waals surface area contributed by atoms with Crippen LogP contribution in [0.3, 0.4) is 0 Å². The Kier molecular flexibility index (Phi) is 4.58. The Morgan fingerprint density at radius 3 is 2.73 bits per heavy atom. The highest BCUT2D eigenvalue weighted by atomic mass is 16.1. The first-order valence-corrected chi connectivity index (χ1v) is 10.4. The van der Waals surface area contributed by atoms with Crippen LogP contribution in [0.25, 0.3) is 22.3 Å². The van der Waals surface area contributed by atoms with Gasteiger partial charge in [-0.05, 0) is 38.7 Å². The lowest BCUT2D eigenvalue weighted by atomic mass is 10.1. The van der Waals surface area contributed by atoms with E-state index in [1.165, 1.54) is 12.8 Å². The van der Waals surface area contributed by atoms with Gasteiger partial charge in [0, 0.05) is 18.2 Å². The van der Waals surface area contributed by atoms with Gasteiger partial charge in [-0.15, -0.1) is 0 Å². The van der Waals surface area contributed by atoms with Crippen molar-refractivity contribution in [3.63, 3.8) is 0 Å². The number of nitrogens with one attached hydrogen (secondary N) is 1. The van der Waals surface area contributed by atoms with Crippen LogP contribution in [0.2, 0.25) is 0 Å². The van der Waals surface area contributed by atoms with Crippen molar-refractivity contribution in [2.24, 2.45) is 5.92 Å². The maximum atomic E-state index is 13.4. The van der Waals surface area contributed by atoms with Gasteiger partial charge in [-0.1, -0.05) is 30.3 Å². The van der Waals surface area contributed by atoms with E-state index in [1.54, 1.807) is 12.4 Å². The maximum Gasteiger partial charge on any atom is 0.257 e. The van der Waals surface area contributed by atoms with Crippen molar-refractivity contribution in [1.82, 2.24) is 24.5 Å². The Bertz CT molecular complexity index is 1210. The predicted molar refractivity (Wildman–Crippen MR) is 116 cm³/mol. The SMILES string of the molecule is CCn1ncc2c(C(=O)Nc3ccnn3C(C)C3CC3)cc(-c3ccccc3)nc21. The van der Waals surface area contributed by atoms with E-state index in [1.807, 2.05) is 58.8 Å². The number of nitrogens with zero attached hydrogens (tertiary/aromatic N) is 5. The minimum atomic E-state index is -0.181. The Morgan fingerprint density at radius 2 is 2.00 bits per heavy atom. The molecule has 0 bridgehead atoms. The number of amides is 1. The standard InChI is InChI=1S/C23H24N6O/c1-3-28-22-19(14-25-28)18(13-20(26-22)17-7-5-4-6-8-17)23(30)27-21-11-12-24-29(21)15(2)16-9-10-16/h4-8,11-16H,3,9-10H2,1-2H3,(H,27,30). The molecule has 1 aromatic carbocycles. The zero-order chi connectivity index (χ0) is 20.7. The topological polar surface area (TPSA) is 77.6 Å². The van der Waals surface area contributed by atoms with Gasteiger partial charge < -0.3 is 5.32 Å². The fraction of sp³-hybridized carbons (Fsp3) is 0.304. The molecule has 7 heteroatoms. The normalized spacial score (nSPS) is 14.7. The highest BCUT2D eigenvalue weighted by molar-refractivity contribution is 6.12. The molecule has 0 radical (unpaired) electrons. The molecule has 1 saturated carbocycles. The van der Waals surface area contributed by atoms with E-state index in [9.17, 15) is 4.79 Å². The summed E-state index contributed by atoms with van der Waals surface area (Å²) in [6, 6.07) is 13.9. The molecule has 1 fully saturated rings. The van der Waals surface area contributed by atoms with Gasteiger partial charge in [0.05, 0.1) is 35.1 Å². The van der Waals surface area contributed by atoms with Crippen LogP contribution in [0.1, 0.15) is 43.1 Å². The molecule has 0 spiro atoms. The average Bonchev–Trinajstić information content (AvgIpc) is 3.39. The van der Waals surface area contributed by atoms with Crippen LogP contribution in [-0.2, 0) is 6.54 Å². The van der Waals surface area contributed by atoms with Crippen LogP contribution in [0, 0.1) is 5.92 Å². The number of fused-ring (bicyclic) bond motifs is 1. The summed E-state index contributed by atoms with van der Waals surface area (Å²) in [7, 11) is 0. The molecule has 4 aromatic rings. The summed E-state index contributed by atoms with van der Waals surface area (Å²) in [4.78, 5) is 18.1. The minimum absolute atomic E-state index is 0.181. The minimum Gasteiger partial charge on any atom is -0.307 e. The summed E-state index contributed by atoms with van der Waals surface area (Å²) in [6.07, 6.45) is 5.90. The first kappa shape index (κ1) is 18.5. The Labute approximate surface area is 174 Å². The van der Waals surface area contributed by atoms with Gasteiger partial charge in [0.1, 0.15) is 5.82 Å². The highest BCUT2D eigenvalue weighted by Gasteiger charge is 2.31. The monoisotopic (exact) mass is 400 g/mol. The smallest absolute Gasteiger partial charge is 0.257 e. The van der Waals surface area contributed by atoms with E-state index in [0.29, 0.717) is 29.5 Å². The van der Waals surface area contributed by atoms with Gasteiger partial charge >= 0.3 is 0 Å². The fourth-order valence-corrected chi connectivity index (χ4v) is 3.92. The van der Waals surface area contributed by atoms with E-state index in [-0.39, 0.29) is 11.9 Å². The fourth-order valence-electron chi connectivity index (χ4n) is 3.92. The van der Waals surface area contributed by atoms with Gasteiger partial charge in [0.15, 0.2) is 5.65 Å². The molecular weight excluding hydrogens is 376 g/mol. The van der Waals surface area contributed by atoms with E-state index in [2.05, 4.69) is 22.4 Å². The van der Waals surface area contributed by atoms with Crippen molar-refractivity contribution >= 4 is 22.8 Å². The molecule has 0 saturated heterocycles. The summed E-state index contributed by atoms with van der Waals surface area (Å²) in [5.41, 5.74) is 2.99. The van der Waals surface area contributed by atoms with E-state index in [0.717, 1.165) is 16.6 Å². The molecule has 152 valence electrons. The zero-order valence-corrected chi connectivity index (χ0v) is 17.1. The number of anilines is 1. The summed E-state index contributed by atoms with van der Waals surface area (Å²) >= 11 is 0. The van der Waals surface area contributed by atoms with Crippen molar-refractivity contribution in [3.8, 4) is 11.3 Å². The number of aryl methyl sites for hydroxylation is 1. The van der Waals surface area contributed by atoms with Gasteiger partial charge in [0.25, 0.3) is 5.91 Å². The summed E-state index contributed by atoms with van der Waals surface area (Å²) < 4.78 is 3.74. The van der Waals surface area contributed by atoms with Crippen LogP contribution in [0.4, 0.5) is 5.82 Å². The molecule has 1 aliphatic carbocycles. The molecule has 1 unspecified atom stereocenters. The van der Waals surface area contributed by atoms with Crippen LogP contribution >= 0.6 is 0 Å². The summed E-state index contributed by atoms with van der Waals surface area (Å²) in [5, 5.41) is 12.7. The molecule has 1 N–H and O–H groups in total. The molecule has 7 nitrogen and oxygen atoms in total. The molecule has 1 aliphatic rings. The van der Waals surface area contributed by atoms with E-state index >= 15 is 0 Å². The lowest BCUT2D eigenvalue weighted by Crippen LogP contribution is -2.19. The van der Waals surface area contributed by atoms with Crippen LogP contribution in [0.15, 0.2) is 54.9 Å². The molecule has 1 amide bonds. The molecule has 1 atom stereocenters. The molecule has 3 heterocycles. The second kappa shape index (κ2) is 7.40. The first-order valence-electron chi connectivity index (χ1n) is 10.4. The Hall–Kier alpha value is -3.48. The first-order chi connectivity index (χ1) is 14.7. The van der Waals surface area contributed by atoms with Crippen LogP contribution < -0.4 is 5.32 Å². The van der Waals surface area contributed by atoms with Crippen molar-refractivity contribution in [1.29, 1.82) is 0 Å². The second-order valence-corrected chi connectivity index (χ2v) is 7.81. The summed E-state index contributed by atoms with van der Waals surface area (Å²) in [5.74, 6) is 1.18. The third-order valence-corrected chi connectivity index (χ3v) is 5.82. The number of hydrogen-bond acceptors (Lipinski definition) is 4. The van der Waals surface area contributed by atoms with Gasteiger partial charge in [0.2, 0.25) is 0 Å². The quantitative estimate of drug-likeness (QED) is 0.515. The number of pyridine rings is 1. The molecule has 0 aliphatic heterocycles.